The van der Waals surface area contributed by atoms with Gasteiger partial charge in [0.2, 0.25) is 10.0 Å². The second-order valence-corrected chi connectivity index (χ2v) is 8.53. The van der Waals surface area contributed by atoms with Gasteiger partial charge in [0.05, 0.1) is 21.3 Å². The minimum atomic E-state index is -3.89. The molecule has 0 radical (unpaired) electrons. The number of primary sulfonamides is 1. The first-order chi connectivity index (χ1) is 8.53. The molecule has 0 unspecified atom stereocenters. The highest BCUT2D eigenvalue weighted by Gasteiger charge is 2.22. The van der Waals surface area contributed by atoms with Crippen LogP contribution in [0.2, 0.25) is 0 Å². The van der Waals surface area contributed by atoms with E-state index in [9.17, 15) is 26.9 Å². The van der Waals surface area contributed by atoms with Crippen LogP contribution in [0, 0.1) is 13.7 Å². The average Bonchev–Trinajstić information content (AvgIpc) is 2.25. The zero-order chi connectivity index (χ0) is 14.8. The van der Waals surface area contributed by atoms with Gasteiger partial charge < -0.3 is 0 Å². The number of hydrogen-bond donors (Lipinski definition) is 1. The van der Waals surface area contributed by atoms with Crippen LogP contribution in [0.5, 0.6) is 0 Å². The molecule has 8 nitrogen and oxygen atoms in total. The quantitative estimate of drug-likeness (QED) is 0.412. The van der Waals surface area contributed by atoms with Crippen molar-refractivity contribution in [2.75, 3.05) is 11.5 Å². The molecule has 2 N–H and O–H groups in total. The smallest absolute Gasteiger partial charge is 0.258 e. The number of non-ortho nitro benzene ring substituents is 1. The first kappa shape index (κ1) is 16.3. The van der Waals surface area contributed by atoms with E-state index in [0.29, 0.717) is 0 Å². The van der Waals surface area contributed by atoms with E-state index in [0.717, 1.165) is 18.2 Å². The summed E-state index contributed by atoms with van der Waals surface area (Å²) in [5, 5.41) is 15.3. The molecule has 0 spiro atoms. The van der Waals surface area contributed by atoms with Gasteiger partial charge >= 0.3 is 0 Å². The summed E-state index contributed by atoms with van der Waals surface area (Å²) in [6.45, 7) is 0. The average molecular weight is 420 g/mol. The van der Waals surface area contributed by atoms with Crippen LogP contribution in [-0.2, 0) is 19.9 Å². The molecule has 0 aliphatic rings. The molecule has 0 aromatic heterocycles. The summed E-state index contributed by atoms with van der Waals surface area (Å²) in [7, 11) is -7.75. The summed E-state index contributed by atoms with van der Waals surface area (Å²) < 4.78 is 45.4. The van der Waals surface area contributed by atoms with E-state index >= 15 is 0 Å². The van der Waals surface area contributed by atoms with Crippen LogP contribution in [0.4, 0.5) is 5.69 Å². The highest BCUT2D eigenvalue weighted by molar-refractivity contribution is 14.1. The molecule has 1 rings (SSSR count). The lowest BCUT2D eigenvalue weighted by atomic mass is 10.3. The number of halogens is 1. The maximum Gasteiger partial charge on any atom is 0.270 e. The van der Waals surface area contributed by atoms with E-state index < -0.39 is 36.3 Å². The number of rotatable bonds is 5. The van der Waals surface area contributed by atoms with E-state index in [4.69, 9.17) is 5.14 Å². The van der Waals surface area contributed by atoms with Gasteiger partial charge in [-0.3, -0.25) is 10.1 Å². The van der Waals surface area contributed by atoms with Crippen molar-refractivity contribution in [2.45, 2.75) is 4.90 Å². The molecule has 1 aromatic carbocycles. The molecular formula is C8H9IN2O6S2. The maximum absolute atomic E-state index is 11.9. The third-order valence-electron chi connectivity index (χ3n) is 2.10. The van der Waals surface area contributed by atoms with Crippen molar-refractivity contribution in [3.05, 3.63) is 31.9 Å². The molecule has 11 heteroatoms. The molecule has 0 heterocycles. The van der Waals surface area contributed by atoms with E-state index in [2.05, 4.69) is 0 Å². The van der Waals surface area contributed by atoms with Crippen molar-refractivity contribution in [1.82, 2.24) is 0 Å². The second kappa shape index (κ2) is 5.68. The summed E-state index contributed by atoms with van der Waals surface area (Å²) in [5.74, 6) is -1.37. The van der Waals surface area contributed by atoms with Gasteiger partial charge in [0.25, 0.3) is 5.69 Å². The van der Waals surface area contributed by atoms with Crippen molar-refractivity contribution in [1.29, 1.82) is 0 Å². The molecule has 0 atom stereocenters. The van der Waals surface area contributed by atoms with Gasteiger partial charge in [0.1, 0.15) is 0 Å². The maximum atomic E-state index is 11.9. The van der Waals surface area contributed by atoms with Crippen LogP contribution in [0.3, 0.4) is 0 Å². The van der Waals surface area contributed by atoms with E-state index in [1.165, 1.54) is 0 Å². The summed E-state index contributed by atoms with van der Waals surface area (Å²) in [6.07, 6.45) is 0. The van der Waals surface area contributed by atoms with Crippen LogP contribution in [0.1, 0.15) is 0 Å². The zero-order valence-electron chi connectivity index (χ0n) is 9.31. The molecule has 0 amide bonds. The summed E-state index contributed by atoms with van der Waals surface area (Å²) >= 11 is 1.64. The number of benzene rings is 1. The topological polar surface area (TPSA) is 137 Å². The number of sulfone groups is 1. The molecule has 0 aliphatic heterocycles. The second-order valence-electron chi connectivity index (χ2n) is 3.56. The molecule has 1 aromatic rings. The monoisotopic (exact) mass is 420 g/mol. The van der Waals surface area contributed by atoms with Gasteiger partial charge in [-0.05, 0) is 28.7 Å². The van der Waals surface area contributed by atoms with Gasteiger partial charge in [-0.25, -0.2) is 22.0 Å². The van der Waals surface area contributed by atoms with Crippen LogP contribution < -0.4 is 5.14 Å². The van der Waals surface area contributed by atoms with Gasteiger partial charge in [-0.2, -0.15) is 0 Å². The number of sulfonamides is 1. The predicted molar refractivity (Wildman–Crippen MR) is 75.8 cm³/mol. The lowest BCUT2D eigenvalue weighted by Crippen LogP contribution is -2.23. The van der Waals surface area contributed by atoms with Crippen molar-refractivity contribution in [2.24, 2.45) is 5.14 Å². The molecule has 0 saturated carbocycles. The first-order valence-electron chi connectivity index (χ1n) is 4.70. The lowest BCUT2D eigenvalue weighted by Gasteiger charge is -2.05. The predicted octanol–water partition coefficient (Wildman–Crippen LogP) is 0.262. The molecule has 106 valence electrons. The van der Waals surface area contributed by atoms with Gasteiger partial charge in [0.15, 0.2) is 9.84 Å². The van der Waals surface area contributed by atoms with Crippen molar-refractivity contribution in [3.8, 4) is 0 Å². The number of hydrogen-bond acceptors (Lipinski definition) is 6. The molecule has 0 fully saturated rings. The van der Waals surface area contributed by atoms with Crippen molar-refractivity contribution >= 4 is 48.1 Å². The van der Waals surface area contributed by atoms with Crippen LogP contribution in [0.15, 0.2) is 23.1 Å². The Bertz CT molecular complexity index is 713. The first-order valence-corrected chi connectivity index (χ1v) is 9.15. The van der Waals surface area contributed by atoms with Crippen LogP contribution in [0.25, 0.3) is 0 Å². The fraction of sp³-hybridized carbons (Fsp3) is 0.250. The van der Waals surface area contributed by atoms with E-state index in [1.807, 2.05) is 0 Å². The Morgan fingerprint density at radius 1 is 1.21 bits per heavy atom. The molecule has 0 bridgehead atoms. The van der Waals surface area contributed by atoms with Gasteiger partial charge in [-0.1, -0.05) is 0 Å². The summed E-state index contributed by atoms with van der Waals surface area (Å²) in [6, 6.07) is 3.23. The standard InChI is InChI=1S/C8H9IN2O6S2/c9-7-5-6(11(12)13)1-2-8(7)18(14,15)3-4-19(10,16)17/h1-2,5H,3-4H2,(H2,10,16,17). The number of nitro groups is 1. The Kier molecular flexibility index (Phi) is 4.86. The SMILES string of the molecule is NS(=O)(=O)CCS(=O)(=O)c1ccc([N+](=O)[O-])cc1I. The summed E-state index contributed by atoms with van der Waals surface area (Å²) in [4.78, 5) is 9.73. The number of nitrogens with two attached hydrogens (primary N) is 1. The fourth-order valence-electron chi connectivity index (χ4n) is 1.19. The largest absolute Gasteiger partial charge is 0.270 e. The Morgan fingerprint density at radius 2 is 1.79 bits per heavy atom. The number of nitrogens with zero attached hydrogens (tertiary/aromatic N) is 1. The van der Waals surface area contributed by atoms with E-state index in [1.54, 1.807) is 22.6 Å². The Balaban J connectivity index is 3.12. The van der Waals surface area contributed by atoms with Gasteiger partial charge in [0, 0.05) is 15.7 Å². The van der Waals surface area contributed by atoms with Crippen molar-refractivity contribution in [3.63, 3.8) is 0 Å². The Labute approximate surface area is 123 Å². The minimum absolute atomic E-state index is 0.151. The van der Waals surface area contributed by atoms with Gasteiger partial charge in [-0.15, -0.1) is 0 Å². The molecular weight excluding hydrogens is 411 g/mol. The fourth-order valence-corrected chi connectivity index (χ4v) is 5.35. The number of nitro benzene ring substituents is 1. The summed E-state index contributed by atoms with van der Waals surface area (Å²) in [5.41, 5.74) is -0.241. The van der Waals surface area contributed by atoms with Crippen molar-refractivity contribution < 1.29 is 21.8 Å². The lowest BCUT2D eigenvalue weighted by molar-refractivity contribution is -0.385. The molecule has 19 heavy (non-hydrogen) atoms. The van der Waals surface area contributed by atoms with E-state index in [-0.39, 0.29) is 14.2 Å². The normalized spacial score (nSPS) is 12.3. The van der Waals surface area contributed by atoms with Crippen LogP contribution in [-0.4, -0.2) is 33.3 Å². The third kappa shape index (κ3) is 4.67. The molecule has 0 saturated heterocycles. The zero-order valence-corrected chi connectivity index (χ0v) is 13.1. The third-order valence-corrected chi connectivity index (χ3v) is 6.16. The minimum Gasteiger partial charge on any atom is -0.258 e. The highest BCUT2D eigenvalue weighted by Crippen LogP contribution is 2.24. The Morgan fingerprint density at radius 3 is 2.21 bits per heavy atom. The van der Waals surface area contributed by atoms with Crippen LogP contribution >= 0.6 is 22.6 Å². The highest BCUT2D eigenvalue weighted by atomic mass is 127. The molecule has 0 aliphatic carbocycles. The Hall–Kier alpha value is -0.790.